The number of hydrogen-bond acceptors (Lipinski definition) is 10. The molecule has 218 valence electrons. The number of esters is 2. The van der Waals surface area contributed by atoms with E-state index in [1.165, 1.54) is 25.7 Å². The predicted molar refractivity (Wildman–Crippen MR) is 149 cm³/mol. The van der Waals surface area contributed by atoms with Crippen molar-refractivity contribution in [1.82, 2.24) is 19.5 Å². The number of carbonyl (C=O) groups is 2. The van der Waals surface area contributed by atoms with Crippen molar-refractivity contribution in [1.29, 1.82) is 0 Å². The van der Waals surface area contributed by atoms with Gasteiger partial charge in [0.05, 0.1) is 12.4 Å². The van der Waals surface area contributed by atoms with Crippen LogP contribution in [0.2, 0.25) is 5.28 Å². The maximum atomic E-state index is 13.1. The number of ether oxygens (including phenoxy) is 2. The van der Waals surface area contributed by atoms with Crippen LogP contribution < -0.4 is 16.8 Å². The highest BCUT2D eigenvalue weighted by Gasteiger charge is 2.64. The Morgan fingerprint density at radius 3 is 2.08 bits per heavy atom. The molecule has 0 aromatic carbocycles. The molecule has 4 aliphatic rings. The number of rotatable bonds is 11. The topological polar surface area (TPSA) is 160 Å². The van der Waals surface area contributed by atoms with E-state index in [9.17, 15) is 9.59 Å². The largest absolute Gasteiger partial charge is 0.457 e. The molecule has 2 heterocycles. The summed E-state index contributed by atoms with van der Waals surface area (Å²) in [6.07, 6.45) is 6.01. The number of aromatic nitrogens is 4. The van der Waals surface area contributed by atoms with Gasteiger partial charge < -0.3 is 30.8 Å². The van der Waals surface area contributed by atoms with Gasteiger partial charge in [-0.15, -0.1) is 0 Å². The van der Waals surface area contributed by atoms with Crippen molar-refractivity contribution < 1.29 is 19.1 Å². The normalized spacial score (nSPS) is 29.1. The second-order valence-corrected chi connectivity index (χ2v) is 13.2. The van der Waals surface area contributed by atoms with Crippen molar-refractivity contribution in [3.05, 3.63) is 11.6 Å². The predicted octanol–water partition coefficient (Wildman–Crippen LogP) is 3.06. The van der Waals surface area contributed by atoms with Crippen molar-refractivity contribution in [2.45, 2.75) is 96.2 Å². The molecule has 0 aliphatic heterocycles. The molecule has 0 saturated heterocycles. The first-order valence-electron chi connectivity index (χ1n) is 14.6. The first-order valence-corrected chi connectivity index (χ1v) is 15.0. The first-order chi connectivity index (χ1) is 19.0. The van der Waals surface area contributed by atoms with Gasteiger partial charge in [0.1, 0.15) is 18.2 Å². The number of hydrogen-bond donors (Lipinski definition) is 3. The summed E-state index contributed by atoms with van der Waals surface area (Å²) in [5.41, 5.74) is 13.4. The van der Waals surface area contributed by atoms with Crippen LogP contribution in [-0.2, 0) is 19.1 Å². The Bertz CT molecular complexity index is 1280. The van der Waals surface area contributed by atoms with Crippen LogP contribution in [0.4, 0.5) is 5.82 Å². The molecule has 11 nitrogen and oxygen atoms in total. The van der Waals surface area contributed by atoms with Crippen LogP contribution in [0.3, 0.4) is 0 Å². The Balaban J connectivity index is 1.33. The number of fused-ring (bicyclic) bond motifs is 2. The van der Waals surface area contributed by atoms with E-state index in [1.807, 2.05) is 32.3 Å². The standard InChI is InChI=1S/C28H40ClN7O4/c1-11(2)17(30)26(37)39-22-16-9-15(16)21(23(22)40-27(38)18(31)12(3)4)36-10-32-20-24(34-28(29)35-25(20)36)33-19(13-5-6-13)14-7-8-14/h10-19,21-23H,5-9,30-31H2,1-4H3,(H,33,34,35)/t15-,16+,17-,18?,21?,22?,23?/m0/s1. The van der Waals surface area contributed by atoms with Gasteiger partial charge in [0, 0.05) is 12.0 Å². The lowest BCUT2D eigenvalue weighted by Crippen LogP contribution is -2.46. The minimum absolute atomic E-state index is 0.0304. The molecule has 0 spiro atoms. The summed E-state index contributed by atoms with van der Waals surface area (Å²) in [5.74, 6) is 0.839. The summed E-state index contributed by atoms with van der Waals surface area (Å²) in [7, 11) is 0. The van der Waals surface area contributed by atoms with E-state index in [2.05, 4.69) is 15.3 Å². The molecule has 2 aromatic heterocycles. The van der Waals surface area contributed by atoms with E-state index < -0.39 is 36.2 Å². The number of nitrogens with one attached hydrogen (secondary N) is 1. The Labute approximate surface area is 239 Å². The van der Waals surface area contributed by atoms with Crippen LogP contribution in [0.15, 0.2) is 6.33 Å². The first kappa shape index (κ1) is 27.7. The Morgan fingerprint density at radius 2 is 1.52 bits per heavy atom. The molecule has 0 radical (unpaired) electrons. The minimum atomic E-state index is -0.805. The monoisotopic (exact) mass is 573 g/mol. The zero-order chi connectivity index (χ0) is 28.5. The fourth-order valence-electron chi connectivity index (χ4n) is 6.21. The SMILES string of the molecule is CC(C)C(N)C(=O)OC1C(OC(=O)[C@@H](N)C(C)C)[C@@H]2C[C@@H]2C1n1cnc2c(NC(C3CC3)C3CC3)nc(Cl)nc21. The van der Waals surface area contributed by atoms with Gasteiger partial charge in [-0.05, 0) is 73.3 Å². The third kappa shape index (κ3) is 5.16. The number of halogens is 1. The van der Waals surface area contributed by atoms with Crippen molar-refractivity contribution in [2.75, 3.05) is 5.32 Å². The van der Waals surface area contributed by atoms with Gasteiger partial charge in [-0.1, -0.05) is 27.7 Å². The number of carbonyl (C=O) groups excluding carboxylic acids is 2. The molecule has 4 aliphatic carbocycles. The third-order valence-electron chi connectivity index (χ3n) is 9.18. The van der Waals surface area contributed by atoms with E-state index >= 15 is 0 Å². The highest BCUT2D eigenvalue weighted by molar-refractivity contribution is 6.28. The fraction of sp³-hybridized carbons (Fsp3) is 0.750. The molecule has 2 aromatic rings. The van der Waals surface area contributed by atoms with E-state index in [1.54, 1.807) is 6.33 Å². The van der Waals surface area contributed by atoms with Gasteiger partial charge in [-0.25, -0.2) is 4.98 Å². The molecule has 4 saturated carbocycles. The average molecular weight is 574 g/mol. The molecule has 6 rings (SSSR count). The lowest BCUT2D eigenvalue weighted by Gasteiger charge is -2.31. The lowest BCUT2D eigenvalue weighted by molar-refractivity contribution is -0.172. The van der Waals surface area contributed by atoms with E-state index in [4.69, 9.17) is 37.5 Å². The molecule has 0 amide bonds. The minimum Gasteiger partial charge on any atom is -0.457 e. The second-order valence-electron chi connectivity index (χ2n) is 12.9. The van der Waals surface area contributed by atoms with Crippen molar-refractivity contribution >= 4 is 40.5 Å². The maximum absolute atomic E-state index is 13.1. The maximum Gasteiger partial charge on any atom is 0.323 e. The summed E-state index contributed by atoms with van der Waals surface area (Å²) in [5, 5.41) is 3.76. The van der Waals surface area contributed by atoms with Gasteiger partial charge in [-0.3, -0.25) is 9.59 Å². The Hall–Kier alpha value is -2.50. The molecule has 40 heavy (non-hydrogen) atoms. The highest BCUT2D eigenvalue weighted by Crippen LogP contribution is 2.60. The fourth-order valence-corrected chi connectivity index (χ4v) is 6.38. The van der Waals surface area contributed by atoms with Gasteiger partial charge in [0.15, 0.2) is 23.1 Å². The van der Waals surface area contributed by atoms with Crippen molar-refractivity contribution in [2.24, 2.45) is 47.0 Å². The third-order valence-corrected chi connectivity index (χ3v) is 9.34. The molecular formula is C28H40ClN7O4. The van der Waals surface area contributed by atoms with Gasteiger partial charge in [-0.2, -0.15) is 9.97 Å². The second kappa shape index (κ2) is 10.4. The molecule has 4 unspecified atom stereocenters. The van der Waals surface area contributed by atoms with Crippen LogP contribution in [0.5, 0.6) is 0 Å². The van der Waals surface area contributed by atoms with Crippen LogP contribution in [0, 0.1) is 35.5 Å². The number of nitrogens with zero attached hydrogens (tertiary/aromatic N) is 4. The van der Waals surface area contributed by atoms with Crippen molar-refractivity contribution in [3.63, 3.8) is 0 Å². The summed E-state index contributed by atoms with van der Waals surface area (Å²) in [6, 6.07) is -1.57. The zero-order valence-corrected chi connectivity index (χ0v) is 24.3. The summed E-state index contributed by atoms with van der Waals surface area (Å²) < 4.78 is 13.9. The van der Waals surface area contributed by atoms with Crippen LogP contribution in [-0.4, -0.2) is 61.8 Å². The molecule has 12 heteroatoms. The van der Waals surface area contributed by atoms with Crippen molar-refractivity contribution in [3.8, 4) is 0 Å². The van der Waals surface area contributed by atoms with Gasteiger partial charge in [0.25, 0.3) is 0 Å². The van der Waals surface area contributed by atoms with E-state index in [0.717, 1.165) is 6.42 Å². The number of anilines is 1. The van der Waals surface area contributed by atoms with Crippen LogP contribution >= 0.6 is 11.6 Å². The lowest BCUT2D eigenvalue weighted by atomic mass is 10.0. The summed E-state index contributed by atoms with van der Waals surface area (Å²) in [6.45, 7) is 7.46. The summed E-state index contributed by atoms with van der Waals surface area (Å²) >= 11 is 6.45. The number of imidazole rings is 1. The molecule has 7 atom stereocenters. The highest BCUT2D eigenvalue weighted by atomic mass is 35.5. The van der Waals surface area contributed by atoms with Gasteiger partial charge >= 0.3 is 11.9 Å². The van der Waals surface area contributed by atoms with Gasteiger partial charge in [0.2, 0.25) is 5.28 Å². The van der Waals surface area contributed by atoms with Crippen LogP contribution in [0.25, 0.3) is 11.2 Å². The molecular weight excluding hydrogens is 534 g/mol. The smallest absolute Gasteiger partial charge is 0.323 e. The quantitative estimate of drug-likeness (QED) is 0.269. The summed E-state index contributed by atoms with van der Waals surface area (Å²) in [4.78, 5) is 39.8. The van der Waals surface area contributed by atoms with E-state index in [0.29, 0.717) is 34.9 Å². The van der Waals surface area contributed by atoms with Crippen LogP contribution in [0.1, 0.15) is 65.8 Å². The molecule has 5 N–H and O–H groups in total. The number of nitrogens with two attached hydrogens (primary N) is 2. The average Bonchev–Trinajstić information content (AvgIpc) is 3.79. The molecule has 0 bridgehead atoms. The van der Waals surface area contributed by atoms with E-state index in [-0.39, 0.29) is 35.0 Å². The zero-order valence-electron chi connectivity index (χ0n) is 23.5. The Kier molecular flexibility index (Phi) is 7.19. The molecule has 4 fully saturated rings. The Morgan fingerprint density at radius 1 is 0.950 bits per heavy atom.